The van der Waals surface area contributed by atoms with Crippen LogP contribution < -0.4 is 11.1 Å². The third-order valence-electron chi connectivity index (χ3n) is 2.93. The number of hydrogen-bond donors (Lipinski definition) is 2. The molecule has 1 aromatic rings. The smallest absolute Gasteiger partial charge is 0.273 e. The van der Waals surface area contributed by atoms with Gasteiger partial charge in [0.2, 0.25) is 0 Å². The number of ether oxygens (including phenoxy) is 1. The third kappa shape index (κ3) is 4.96. The van der Waals surface area contributed by atoms with E-state index in [1.54, 1.807) is 10.9 Å². The monoisotopic (exact) mass is 267 g/mol. The number of carbonyl (C=O) groups is 1. The zero-order valence-electron chi connectivity index (χ0n) is 11.0. The highest BCUT2D eigenvalue weighted by atomic mass is 16.5. The molecule has 0 aromatic carbocycles. The lowest BCUT2D eigenvalue weighted by Crippen LogP contribution is -2.25. The number of nitrogens with two attached hydrogens (primary N) is 1. The molecule has 0 saturated heterocycles. The number of hydrogen-bond acceptors (Lipinski definition) is 5. The second-order valence-corrected chi connectivity index (χ2v) is 4.78. The van der Waals surface area contributed by atoms with Crippen molar-refractivity contribution in [3.63, 3.8) is 0 Å². The Morgan fingerprint density at radius 1 is 1.58 bits per heavy atom. The molecule has 0 unspecified atom stereocenters. The van der Waals surface area contributed by atoms with Crippen LogP contribution in [0.3, 0.4) is 0 Å². The Bertz CT molecular complexity index is 403. The molecule has 1 aliphatic carbocycles. The fourth-order valence-electron chi connectivity index (χ4n) is 1.65. The van der Waals surface area contributed by atoms with Crippen LogP contribution in [0, 0.1) is 5.92 Å². The quantitative estimate of drug-likeness (QED) is 0.603. The van der Waals surface area contributed by atoms with Crippen LogP contribution in [0.15, 0.2) is 6.20 Å². The van der Waals surface area contributed by atoms with Crippen LogP contribution in [0.25, 0.3) is 0 Å². The van der Waals surface area contributed by atoms with Gasteiger partial charge in [-0.15, -0.1) is 5.10 Å². The summed E-state index contributed by atoms with van der Waals surface area (Å²) in [6.45, 7) is 3.18. The molecule has 1 saturated carbocycles. The van der Waals surface area contributed by atoms with Crippen LogP contribution in [0.4, 0.5) is 0 Å². The van der Waals surface area contributed by atoms with Crippen molar-refractivity contribution in [1.82, 2.24) is 20.3 Å². The molecule has 0 atom stereocenters. The second-order valence-electron chi connectivity index (χ2n) is 4.78. The first-order valence-electron chi connectivity index (χ1n) is 6.75. The Balaban J connectivity index is 1.57. The number of nitrogens with one attached hydrogen (secondary N) is 1. The van der Waals surface area contributed by atoms with Gasteiger partial charge in [0.15, 0.2) is 5.69 Å². The molecule has 0 bridgehead atoms. The summed E-state index contributed by atoms with van der Waals surface area (Å²) in [5.74, 6) is 0.581. The molecule has 0 radical (unpaired) electrons. The minimum Gasteiger partial charge on any atom is -0.381 e. The van der Waals surface area contributed by atoms with Crippen LogP contribution in [-0.2, 0) is 11.3 Å². The molecule has 0 spiro atoms. The van der Waals surface area contributed by atoms with Gasteiger partial charge in [-0.2, -0.15) is 0 Å². The Morgan fingerprint density at radius 3 is 3.16 bits per heavy atom. The van der Waals surface area contributed by atoms with E-state index >= 15 is 0 Å². The summed E-state index contributed by atoms with van der Waals surface area (Å²) < 4.78 is 7.05. The minimum atomic E-state index is -0.203. The molecule has 1 fully saturated rings. The fraction of sp³-hybridized carbons (Fsp3) is 0.750. The van der Waals surface area contributed by atoms with Gasteiger partial charge in [-0.05, 0) is 25.2 Å². The number of aromatic nitrogens is 3. The molecular formula is C12H21N5O2. The van der Waals surface area contributed by atoms with E-state index in [9.17, 15) is 4.79 Å². The van der Waals surface area contributed by atoms with Gasteiger partial charge in [0.05, 0.1) is 12.7 Å². The van der Waals surface area contributed by atoms with E-state index < -0.39 is 0 Å². The fourth-order valence-corrected chi connectivity index (χ4v) is 1.65. The highest BCUT2D eigenvalue weighted by Gasteiger charge is 2.20. The summed E-state index contributed by atoms with van der Waals surface area (Å²) in [5, 5.41) is 10.4. The first kappa shape index (κ1) is 14.0. The third-order valence-corrected chi connectivity index (χ3v) is 2.93. The van der Waals surface area contributed by atoms with Gasteiger partial charge in [0.1, 0.15) is 0 Å². The first-order valence-corrected chi connectivity index (χ1v) is 6.75. The molecule has 3 N–H and O–H groups in total. The van der Waals surface area contributed by atoms with Crippen molar-refractivity contribution < 1.29 is 9.53 Å². The number of nitrogens with zero attached hydrogens (tertiary/aromatic N) is 3. The lowest BCUT2D eigenvalue weighted by Gasteiger charge is -2.04. The van der Waals surface area contributed by atoms with E-state index in [-0.39, 0.29) is 5.91 Å². The van der Waals surface area contributed by atoms with Crippen molar-refractivity contribution >= 4 is 5.91 Å². The molecule has 0 aliphatic heterocycles. The molecule has 7 nitrogen and oxygen atoms in total. The maximum atomic E-state index is 11.7. The summed E-state index contributed by atoms with van der Waals surface area (Å²) in [4.78, 5) is 11.7. The first-order chi connectivity index (χ1) is 9.29. The highest BCUT2D eigenvalue weighted by molar-refractivity contribution is 5.91. The molecule has 106 valence electrons. The van der Waals surface area contributed by atoms with E-state index in [4.69, 9.17) is 10.5 Å². The lowest BCUT2D eigenvalue weighted by atomic mass is 10.4. The SMILES string of the molecule is NCCn1cc(C(=O)NCCCOCC2CC2)nn1. The molecule has 19 heavy (non-hydrogen) atoms. The average molecular weight is 267 g/mol. The largest absolute Gasteiger partial charge is 0.381 e. The molecule has 1 aliphatic rings. The van der Waals surface area contributed by atoms with Crippen molar-refractivity contribution in [3.05, 3.63) is 11.9 Å². The van der Waals surface area contributed by atoms with Gasteiger partial charge < -0.3 is 15.8 Å². The second kappa shape index (κ2) is 7.20. The van der Waals surface area contributed by atoms with E-state index in [0.29, 0.717) is 31.9 Å². The number of amides is 1. The molecule has 1 aromatic heterocycles. The van der Waals surface area contributed by atoms with Gasteiger partial charge in [-0.3, -0.25) is 9.48 Å². The van der Waals surface area contributed by atoms with Gasteiger partial charge >= 0.3 is 0 Å². The van der Waals surface area contributed by atoms with E-state index in [1.165, 1.54) is 12.8 Å². The Labute approximate surface area is 112 Å². The summed E-state index contributed by atoms with van der Waals surface area (Å²) in [7, 11) is 0. The lowest BCUT2D eigenvalue weighted by molar-refractivity contribution is 0.0932. The van der Waals surface area contributed by atoms with Gasteiger partial charge in [-0.25, -0.2) is 0 Å². The predicted molar refractivity (Wildman–Crippen MR) is 69.6 cm³/mol. The maximum absolute atomic E-state index is 11.7. The summed E-state index contributed by atoms with van der Waals surface area (Å²) in [5.41, 5.74) is 5.72. The van der Waals surface area contributed by atoms with Crippen molar-refractivity contribution in [2.45, 2.75) is 25.8 Å². The van der Waals surface area contributed by atoms with Crippen LogP contribution in [0.5, 0.6) is 0 Å². The summed E-state index contributed by atoms with van der Waals surface area (Å²) in [6, 6.07) is 0. The Kier molecular flexibility index (Phi) is 5.29. The number of rotatable bonds is 9. The van der Waals surface area contributed by atoms with Crippen molar-refractivity contribution in [2.75, 3.05) is 26.3 Å². The zero-order chi connectivity index (χ0) is 13.5. The zero-order valence-corrected chi connectivity index (χ0v) is 11.0. The van der Waals surface area contributed by atoms with E-state index in [2.05, 4.69) is 15.6 Å². The molecule has 1 amide bonds. The summed E-state index contributed by atoms with van der Waals surface area (Å²) >= 11 is 0. The Morgan fingerprint density at radius 2 is 2.42 bits per heavy atom. The standard InChI is InChI=1S/C12H21N5O2/c13-4-6-17-8-11(15-16-17)12(18)14-5-1-7-19-9-10-2-3-10/h8,10H,1-7,9,13H2,(H,14,18). The van der Waals surface area contributed by atoms with Crippen LogP contribution >= 0.6 is 0 Å². The van der Waals surface area contributed by atoms with Gasteiger partial charge in [0, 0.05) is 26.3 Å². The molecular weight excluding hydrogens is 246 g/mol. The van der Waals surface area contributed by atoms with Crippen LogP contribution in [0.1, 0.15) is 29.8 Å². The molecule has 7 heteroatoms. The highest BCUT2D eigenvalue weighted by Crippen LogP contribution is 2.28. The van der Waals surface area contributed by atoms with Crippen molar-refractivity contribution in [1.29, 1.82) is 0 Å². The maximum Gasteiger partial charge on any atom is 0.273 e. The van der Waals surface area contributed by atoms with Gasteiger partial charge in [-0.1, -0.05) is 5.21 Å². The van der Waals surface area contributed by atoms with E-state index in [0.717, 1.165) is 18.9 Å². The van der Waals surface area contributed by atoms with Crippen LogP contribution in [0.2, 0.25) is 0 Å². The van der Waals surface area contributed by atoms with Crippen LogP contribution in [-0.4, -0.2) is 47.2 Å². The minimum absolute atomic E-state index is 0.203. The Hall–Kier alpha value is -1.47. The summed E-state index contributed by atoms with van der Waals surface area (Å²) in [6.07, 6.45) is 5.02. The van der Waals surface area contributed by atoms with E-state index in [1.807, 2.05) is 0 Å². The molecule has 2 rings (SSSR count). The predicted octanol–water partition coefficient (Wildman–Crippen LogP) is -0.217. The number of carbonyl (C=O) groups excluding carboxylic acids is 1. The van der Waals surface area contributed by atoms with Gasteiger partial charge in [0.25, 0.3) is 5.91 Å². The van der Waals surface area contributed by atoms with Crippen molar-refractivity contribution in [3.8, 4) is 0 Å². The molecule has 1 heterocycles. The average Bonchev–Trinajstić information content (AvgIpc) is 3.11. The normalized spacial score (nSPS) is 14.6. The van der Waals surface area contributed by atoms with Crippen molar-refractivity contribution in [2.24, 2.45) is 11.7 Å². The topological polar surface area (TPSA) is 95.1 Å².